The Kier molecular flexibility index (Phi) is 4.81. The van der Waals surface area contributed by atoms with Crippen LogP contribution in [0.2, 0.25) is 5.02 Å². The van der Waals surface area contributed by atoms with Crippen LogP contribution >= 0.6 is 11.6 Å². The summed E-state index contributed by atoms with van der Waals surface area (Å²) in [5.41, 5.74) is -1.51. The molecule has 27 heavy (non-hydrogen) atoms. The van der Waals surface area contributed by atoms with Crippen molar-refractivity contribution >= 4 is 23.5 Å². The maximum absolute atomic E-state index is 13.1. The Balaban J connectivity index is 2.20. The molecular formula is C16H16ClF3N4O3. The molecular weight excluding hydrogens is 389 g/mol. The van der Waals surface area contributed by atoms with Crippen molar-refractivity contribution in [2.24, 2.45) is 5.92 Å². The molecule has 7 nitrogen and oxygen atoms in total. The Hall–Kier alpha value is -2.33. The lowest BCUT2D eigenvalue weighted by atomic mass is 9.83. The summed E-state index contributed by atoms with van der Waals surface area (Å²) in [4.78, 5) is 16.0. The number of fused-ring (bicyclic) bond motifs is 1. The SMILES string of the molecule is CCOC(=O)[C@@H]1[C@@H](c2ccc(Cl)cc2)n2nc(C(F)(F)F)nc2N[C@@]1(C)O. The molecule has 2 heterocycles. The number of esters is 1. The first-order valence-corrected chi connectivity index (χ1v) is 8.38. The number of carbonyl (C=O) groups excluding carboxylic acids is 1. The van der Waals surface area contributed by atoms with Crippen molar-refractivity contribution < 1.29 is 27.8 Å². The van der Waals surface area contributed by atoms with E-state index in [4.69, 9.17) is 16.3 Å². The molecule has 3 rings (SSSR count). The fraction of sp³-hybridized carbons (Fsp3) is 0.438. The van der Waals surface area contributed by atoms with Gasteiger partial charge in [0.2, 0.25) is 5.95 Å². The number of ether oxygens (including phenoxy) is 1. The Morgan fingerprint density at radius 2 is 2.04 bits per heavy atom. The van der Waals surface area contributed by atoms with Crippen molar-refractivity contribution in [1.82, 2.24) is 14.8 Å². The minimum Gasteiger partial charge on any atom is -0.466 e. The topological polar surface area (TPSA) is 89.3 Å². The van der Waals surface area contributed by atoms with Gasteiger partial charge in [0, 0.05) is 5.02 Å². The second-order valence-electron chi connectivity index (χ2n) is 6.20. The first kappa shape index (κ1) is 19.4. The Labute approximate surface area is 157 Å². The summed E-state index contributed by atoms with van der Waals surface area (Å²) < 4.78 is 45.2. The van der Waals surface area contributed by atoms with Crippen LogP contribution in [0.1, 0.15) is 31.3 Å². The Bertz CT molecular complexity index is 852. The van der Waals surface area contributed by atoms with Crippen LogP contribution < -0.4 is 5.32 Å². The van der Waals surface area contributed by atoms with Gasteiger partial charge in [-0.25, -0.2) is 4.68 Å². The zero-order valence-electron chi connectivity index (χ0n) is 14.3. The largest absolute Gasteiger partial charge is 0.466 e. The minimum absolute atomic E-state index is 0.0385. The van der Waals surface area contributed by atoms with Crippen LogP contribution in [0.25, 0.3) is 0 Å². The molecule has 0 bridgehead atoms. The average molecular weight is 405 g/mol. The fourth-order valence-electron chi connectivity index (χ4n) is 3.06. The van der Waals surface area contributed by atoms with E-state index < -0.39 is 35.7 Å². The number of anilines is 1. The van der Waals surface area contributed by atoms with Crippen molar-refractivity contribution in [3.63, 3.8) is 0 Å². The van der Waals surface area contributed by atoms with Crippen LogP contribution in [-0.4, -0.2) is 38.2 Å². The smallest absolute Gasteiger partial charge is 0.453 e. The third kappa shape index (κ3) is 3.59. The molecule has 0 spiro atoms. The first-order valence-electron chi connectivity index (χ1n) is 8.01. The highest BCUT2D eigenvalue weighted by Crippen LogP contribution is 2.42. The predicted octanol–water partition coefficient (Wildman–Crippen LogP) is 2.85. The van der Waals surface area contributed by atoms with E-state index >= 15 is 0 Å². The Morgan fingerprint density at radius 3 is 2.59 bits per heavy atom. The molecule has 1 aliphatic heterocycles. The first-order chi connectivity index (χ1) is 12.5. The molecule has 2 N–H and O–H groups in total. The maximum atomic E-state index is 13.1. The molecule has 1 aliphatic rings. The molecule has 0 radical (unpaired) electrons. The zero-order valence-corrected chi connectivity index (χ0v) is 15.0. The number of carbonyl (C=O) groups is 1. The molecule has 0 fully saturated rings. The van der Waals surface area contributed by atoms with Gasteiger partial charge in [0.25, 0.3) is 5.82 Å². The number of halogens is 4. The van der Waals surface area contributed by atoms with Gasteiger partial charge in [-0.3, -0.25) is 4.79 Å². The highest BCUT2D eigenvalue weighted by molar-refractivity contribution is 6.30. The van der Waals surface area contributed by atoms with Crippen LogP contribution in [0.5, 0.6) is 0 Å². The quantitative estimate of drug-likeness (QED) is 0.765. The number of nitrogens with one attached hydrogen (secondary N) is 1. The summed E-state index contributed by atoms with van der Waals surface area (Å²) in [6.07, 6.45) is -4.79. The molecule has 146 valence electrons. The van der Waals surface area contributed by atoms with E-state index in [0.29, 0.717) is 10.6 Å². The van der Waals surface area contributed by atoms with Crippen LogP contribution in [0.15, 0.2) is 24.3 Å². The van der Waals surface area contributed by atoms with E-state index in [-0.39, 0.29) is 12.6 Å². The highest BCUT2D eigenvalue weighted by atomic mass is 35.5. The molecule has 0 saturated heterocycles. The standard InChI is InChI=1S/C16H16ClF3N4O3/c1-3-27-12(25)10-11(8-4-6-9(17)7-5-8)24-14(22-15(10,2)26)21-13(23-24)16(18,19)20/h4-7,10-11,26H,3H2,1-2H3,(H,21,22,23)/t10-,11+,15-/m0/s1. The molecule has 0 amide bonds. The molecule has 1 aromatic carbocycles. The van der Waals surface area contributed by atoms with E-state index in [9.17, 15) is 23.1 Å². The molecule has 1 aromatic heterocycles. The predicted molar refractivity (Wildman–Crippen MR) is 89.0 cm³/mol. The Morgan fingerprint density at radius 1 is 1.41 bits per heavy atom. The number of benzene rings is 1. The number of rotatable bonds is 3. The zero-order chi connectivity index (χ0) is 20.0. The minimum atomic E-state index is -4.79. The maximum Gasteiger partial charge on any atom is 0.453 e. The lowest BCUT2D eigenvalue weighted by Gasteiger charge is -2.41. The van der Waals surface area contributed by atoms with Crippen molar-refractivity contribution in [2.75, 3.05) is 11.9 Å². The van der Waals surface area contributed by atoms with Gasteiger partial charge in [0.05, 0.1) is 12.6 Å². The van der Waals surface area contributed by atoms with E-state index in [1.807, 2.05) is 0 Å². The number of aromatic nitrogens is 3. The molecule has 0 aliphatic carbocycles. The summed E-state index contributed by atoms with van der Waals surface area (Å²) in [5, 5.41) is 17.2. The van der Waals surface area contributed by atoms with Gasteiger partial charge < -0.3 is 15.2 Å². The van der Waals surface area contributed by atoms with Crippen molar-refractivity contribution in [1.29, 1.82) is 0 Å². The summed E-state index contributed by atoms with van der Waals surface area (Å²) >= 11 is 5.88. The van der Waals surface area contributed by atoms with Gasteiger partial charge in [-0.15, -0.1) is 5.10 Å². The van der Waals surface area contributed by atoms with Gasteiger partial charge in [0.15, 0.2) is 5.72 Å². The normalized spacial score (nSPS) is 24.9. The third-order valence-electron chi connectivity index (χ3n) is 4.19. The second kappa shape index (κ2) is 6.68. The number of alkyl halides is 3. The van der Waals surface area contributed by atoms with Gasteiger partial charge in [0.1, 0.15) is 5.92 Å². The van der Waals surface area contributed by atoms with Crippen LogP contribution in [0, 0.1) is 5.92 Å². The van der Waals surface area contributed by atoms with Gasteiger partial charge in [-0.2, -0.15) is 18.2 Å². The summed E-state index contributed by atoms with van der Waals surface area (Å²) in [6, 6.07) is 5.05. The second-order valence-corrected chi connectivity index (χ2v) is 6.64. The molecule has 0 saturated carbocycles. The lowest BCUT2D eigenvalue weighted by molar-refractivity contribution is -0.159. The number of aliphatic hydroxyl groups is 1. The average Bonchev–Trinajstić information content (AvgIpc) is 2.97. The number of nitrogens with zero attached hydrogens (tertiary/aromatic N) is 3. The van der Waals surface area contributed by atoms with Crippen LogP contribution in [0.4, 0.5) is 19.1 Å². The summed E-state index contributed by atoms with van der Waals surface area (Å²) in [6.45, 7) is 2.89. The molecule has 11 heteroatoms. The van der Waals surface area contributed by atoms with E-state index in [1.54, 1.807) is 19.1 Å². The van der Waals surface area contributed by atoms with E-state index in [1.165, 1.54) is 19.1 Å². The van der Waals surface area contributed by atoms with Gasteiger partial charge in [-0.05, 0) is 31.5 Å². The van der Waals surface area contributed by atoms with Crippen molar-refractivity contribution in [2.45, 2.75) is 31.8 Å². The van der Waals surface area contributed by atoms with Crippen molar-refractivity contribution in [3.05, 3.63) is 40.7 Å². The lowest BCUT2D eigenvalue weighted by Crippen LogP contribution is -2.55. The van der Waals surface area contributed by atoms with Crippen LogP contribution in [0.3, 0.4) is 0 Å². The highest BCUT2D eigenvalue weighted by Gasteiger charge is 2.52. The number of hydrogen-bond donors (Lipinski definition) is 2. The van der Waals surface area contributed by atoms with Crippen molar-refractivity contribution in [3.8, 4) is 0 Å². The van der Waals surface area contributed by atoms with E-state index in [0.717, 1.165) is 4.68 Å². The van der Waals surface area contributed by atoms with Gasteiger partial charge in [-0.1, -0.05) is 23.7 Å². The van der Waals surface area contributed by atoms with E-state index in [2.05, 4.69) is 15.4 Å². The fourth-order valence-corrected chi connectivity index (χ4v) is 3.19. The summed E-state index contributed by atoms with van der Waals surface area (Å²) in [5.74, 6) is -3.77. The molecule has 0 unspecified atom stereocenters. The summed E-state index contributed by atoms with van der Waals surface area (Å²) in [7, 11) is 0. The number of hydrogen-bond acceptors (Lipinski definition) is 6. The molecule has 3 atom stereocenters. The monoisotopic (exact) mass is 404 g/mol. The van der Waals surface area contributed by atoms with Crippen LogP contribution in [-0.2, 0) is 15.7 Å². The van der Waals surface area contributed by atoms with Gasteiger partial charge >= 0.3 is 12.1 Å². The third-order valence-corrected chi connectivity index (χ3v) is 4.44. The molecule has 2 aromatic rings.